The van der Waals surface area contributed by atoms with E-state index in [4.69, 9.17) is 10.5 Å². The number of hydrogen-bond donors (Lipinski definition) is 1. The second kappa shape index (κ2) is 4.27. The standard InChI is InChI=1S/C16H23NO/c1-3-4-6-11-7-5-8-12-14-13(17)9-10-16(14,2)18-15(11)12/h5,7-8,13-14H,3-4,6,9-10,17H2,1-2H3. The van der Waals surface area contributed by atoms with Crippen LogP contribution in [0.25, 0.3) is 0 Å². The highest BCUT2D eigenvalue weighted by molar-refractivity contribution is 5.50. The molecule has 1 fully saturated rings. The topological polar surface area (TPSA) is 35.2 Å². The van der Waals surface area contributed by atoms with Crippen molar-refractivity contribution in [1.82, 2.24) is 0 Å². The normalized spacial score (nSPS) is 33.1. The molecular formula is C16H23NO. The predicted octanol–water partition coefficient (Wildman–Crippen LogP) is 3.39. The zero-order valence-corrected chi connectivity index (χ0v) is 11.4. The Bertz CT molecular complexity index is 456. The lowest BCUT2D eigenvalue weighted by atomic mass is 9.86. The van der Waals surface area contributed by atoms with Crippen LogP contribution in [0.1, 0.15) is 56.6 Å². The van der Waals surface area contributed by atoms with E-state index < -0.39 is 0 Å². The zero-order valence-electron chi connectivity index (χ0n) is 11.4. The number of nitrogens with two attached hydrogens (primary N) is 1. The maximum Gasteiger partial charge on any atom is 0.127 e. The van der Waals surface area contributed by atoms with E-state index in [1.807, 2.05) is 0 Å². The number of hydrogen-bond acceptors (Lipinski definition) is 2. The third-order valence-corrected chi connectivity index (χ3v) is 4.66. The van der Waals surface area contributed by atoms with Gasteiger partial charge in [-0.05, 0) is 38.2 Å². The van der Waals surface area contributed by atoms with Crippen molar-refractivity contribution in [1.29, 1.82) is 0 Å². The van der Waals surface area contributed by atoms with E-state index in [2.05, 4.69) is 32.0 Å². The molecule has 1 aliphatic carbocycles. The Morgan fingerprint density at radius 2 is 2.28 bits per heavy atom. The largest absolute Gasteiger partial charge is 0.486 e. The average Bonchev–Trinajstić information content (AvgIpc) is 2.81. The summed E-state index contributed by atoms with van der Waals surface area (Å²) in [4.78, 5) is 0. The molecule has 2 N–H and O–H groups in total. The van der Waals surface area contributed by atoms with E-state index in [0.717, 1.165) is 25.0 Å². The smallest absolute Gasteiger partial charge is 0.127 e. The molecule has 0 spiro atoms. The van der Waals surface area contributed by atoms with Crippen molar-refractivity contribution >= 4 is 0 Å². The summed E-state index contributed by atoms with van der Waals surface area (Å²) in [7, 11) is 0. The maximum atomic E-state index is 6.34. The maximum absolute atomic E-state index is 6.34. The van der Waals surface area contributed by atoms with Crippen molar-refractivity contribution in [2.75, 3.05) is 0 Å². The highest BCUT2D eigenvalue weighted by Gasteiger charge is 2.52. The first-order chi connectivity index (χ1) is 8.65. The summed E-state index contributed by atoms with van der Waals surface area (Å²) in [6.07, 6.45) is 5.75. The van der Waals surface area contributed by atoms with Gasteiger partial charge in [0.25, 0.3) is 0 Å². The Morgan fingerprint density at radius 1 is 1.44 bits per heavy atom. The molecule has 0 saturated heterocycles. The second-order valence-electron chi connectivity index (χ2n) is 6.03. The molecular weight excluding hydrogens is 222 g/mol. The summed E-state index contributed by atoms with van der Waals surface area (Å²) >= 11 is 0. The fourth-order valence-corrected chi connectivity index (χ4v) is 3.67. The fourth-order valence-electron chi connectivity index (χ4n) is 3.67. The Hall–Kier alpha value is -1.02. The third kappa shape index (κ3) is 1.66. The van der Waals surface area contributed by atoms with Gasteiger partial charge >= 0.3 is 0 Å². The third-order valence-electron chi connectivity index (χ3n) is 4.66. The number of para-hydroxylation sites is 1. The van der Waals surface area contributed by atoms with E-state index in [1.54, 1.807) is 0 Å². The Balaban J connectivity index is 1.98. The van der Waals surface area contributed by atoms with Crippen LogP contribution in [0.15, 0.2) is 18.2 Å². The van der Waals surface area contributed by atoms with Crippen molar-refractivity contribution < 1.29 is 4.74 Å². The first-order valence-corrected chi connectivity index (χ1v) is 7.22. The van der Waals surface area contributed by atoms with Gasteiger partial charge in [0.2, 0.25) is 0 Å². The quantitative estimate of drug-likeness (QED) is 0.886. The lowest BCUT2D eigenvalue weighted by Crippen LogP contribution is -2.35. The minimum Gasteiger partial charge on any atom is -0.486 e. The summed E-state index contributed by atoms with van der Waals surface area (Å²) in [5.41, 5.74) is 8.97. The first-order valence-electron chi connectivity index (χ1n) is 7.22. The monoisotopic (exact) mass is 245 g/mol. The molecule has 1 aliphatic heterocycles. The molecule has 0 amide bonds. The van der Waals surface area contributed by atoms with Crippen LogP contribution in [0.3, 0.4) is 0 Å². The number of unbranched alkanes of at least 4 members (excludes halogenated alkanes) is 1. The van der Waals surface area contributed by atoms with Gasteiger partial charge in [-0.3, -0.25) is 0 Å². The molecule has 3 rings (SSSR count). The van der Waals surface area contributed by atoms with Gasteiger partial charge in [0.15, 0.2) is 0 Å². The molecule has 3 atom stereocenters. The van der Waals surface area contributed by atoms with Gasteiger partial charge in [-0.2, -0.15) is 0 Å². The van der Waals surface area contributed by atoms with Gasteiger partial charge in [0.1, 0.15) is 11.4 Å². The molecule has 18 heavy (non-hydrogen) atoms. The Kier molecular flexibility index (Phi) is 2.86. The summed E-state index contributed by atoms with van der Waals surface area (Å²) in [6.45, 7) is 4.46. The van der Waals surface area contributed by atoms with E-state index in [0.29, 0.717) is 5.92 Å². The van der Waals surface area contributed by atoms with Gasteiger partial charge in [0.05, 0.1) is 0 Å². The molecule has 1 aromatic carbocycles. The van der Waals surface area contributed by atoms with Crippen LogP contribution in [0.5, 0.6) is 5.75 Å². The lowest BCUT2D eigenvalue weighted by molar-refractivity contribution is 0.105. The molecule has 0 bridgehead atoms. The van der Waals surface area contributed by atoms with Gasteiger partial charge in [-0.15, -0.1) is 0 Å². The van der Waals surface area contributed by atoms with Gasteiger partial charge in [-0.1, -0.05) is 31.5 Å². The number of rotatable bonds is 3. The van der Waals surface area contributed by atoms with Crippen LogP contribution in [0.4, 0.5) is 0 Å². The SMILES string of the molecule is CCCCc1cccc2c1OC1(C)CCC(N)C21. The molecule has 2 heteroatoms. The molecule has 2 nitrogen and oxygen atoms in total. The van der Waals surface area contributed by atoms with Crippen LogP contribution in [0.2, 0.25) is 0 Å². The van der Waals surface area contributed by atoms with E-state index in [9.17, 15) is 0 Å². The van der Waals surface area contributed by atoms with Crippen LogP contribution in [-0.2, 0) is 6.42 Å². The van der Waals surface area contributed by atoms with Gasteiger partial charge in [0, 0.05) is 17.5 Å². The van der Waals surface area contributed by atoms with Crippen LogP contribution < -0.4 is 10.5 Å². The Morgan fingerprint density at radius 3 is 3.06 bits per heavy atom. The highest BCUT2D eigenvalue weighted by Crippen LogP contribution is 2.54. The van der Waals surface area contributed by atoms with Crippen molar-refractivity contribution in [2.45, 2.75) is 63.5 Å². The van der Waals surface area contributed by atoms with Gasteiger partial charge < -0.3 is 10.5 Å². The molecule has 1 saturated carbocycles. The van der Waals surface area contributed by atoms with E-state index in [-0.39, 0.29) is 11.6 Å². The number of fused-ring (bicyclic) bond motifs is 3. The minimum atomic E-state index is -0.0515. The van der Waals surface area contributed by atoms with Crippen molar-refractivity contribution in [3.8, 4) is 5.75 Å². The summed E-state index contributed by atoms with van der Waals surface area (Å²) in [5.74, 6) is 1.54. The molecule has 2 aliphatic rings. The summed E-state index contributed by atoms with van der Waals surface area (Å²) in [6, 6.07) is 6.86. The fraction of sp³-hybridized carbons (Fsp3) is 0.625. The minimum absolute atomic E-state index is 0.0515. The second-order valence-corrected chi connectivity index (χ2v) is 6.03. The van der Waals surface area contributed by atoms with E-state index in [1.165, 1.54) is 24.0 Å². The van der Waals surface area contributed by atoms with Crippen LogP contribution >= 0.6 is 0 Å². The van der Waals surface area contributed by atoms with Crippen molar-refractivity contribution in [2.24, 2.45) is 5.73 Å². The summed E-state index contributed by atoms with van der Waals surface area (Å²) < 4.78 is 6.34. The number of ether oxygens (including phenoxy) is 1. The predicted molar refractivity (Wildman–Crippen MR) is 74.0 cm³/mol. The van der Waals surface area contributed by atoms with Gasteiger partial charge in [-0.25, -0.2) is 0 Å². The van der Waals surface area contributed by atoms with Crippen molar-refractivity contribution in [3.63, 3.8) is 0 Å². The summed E-state index contributed by atoms with van der Waals surface area (Å²) in [5, 5.41) is 0. The Labute approximate surface area is 110 Å². The molecule has 98 valence electrons. The zero-order chi connectivity index (χ0) is 12.8. The first kappa shape index (κ1) is 12.0. The molecule has 0 radical (unpaired) electrons. The number of aryl methyl sites for hydroxylation is 1. The van der Waals surface area contributed by atoms with Crippen LogP contribution in [0, 0.1) is 0 Å². The molecule has 3 unspecified atom stereocenters. The average molecular weight is 245 g/mol. The van der Waals surface area contributed by atoms with Crippen molar-refractivity contribution in [3.05, 3.63) is 29.3 Å². The molecule has 1 aromatic rings. The molecule has 0 aromatic heterocycles. The molecule has 1 heterocycles. The lowest BCUT2D eigenvalue weighted by Gasteiger charge is -2.24. The van der Waals surface area contributed by atoms with E-state index >= 15 is 0 Å². The van der Waals surface area contributed by atoms with Crippen LogP contribution in [-0.4, -0.2) is 11.6 Å². The number of benzene rings is 1. The highest BCUT2D eigenvalue weighted by atomic mass is 16.5.